The number of rotatable bonds is 8. The molecule has 130 valence electrons. The molecule has 2 amide bonds. The number of nitrogens with one attached hydrogen (secondary N) is 2. The normalized spacial score (nSPS) is 17.7. The molecule has 0 radical (unpaired) electrons. The molecule has 0 saturated heterocycles. The van der Waals surface area contributed by atoms with Crippen LogP contribution in [0.3, 0.4) is 0 Å². The average molecular weight is 334 g/mol. The summed E-state index contributed by atoms with van der Waals surface area (Å²) >= 11 is 0. The van der Waals surface area contributed by atoms with Gasteiger partial charge < -0.3 is 16.4 Å². The largest absolute Gasteiger partial charge is 0.348 e. The van der Waals surface area contributed by atoms with Gasteiger partial charge in [-0.1, -0.05) is 39.5 Å². The first-order chi connectivity index (χ1) is 9.87. The van der Waals surface area contributed by atoms with E-state index in [2.05, 4.69) is 10.6 Å². The lowest BCUT2D eigenvalue weighted by molar-refractivity contribution is -0.127. The number of nitrogens with two attached hydrogens (primary N) is 1. The minimum atomic E-state index is -0.425. The molecule has 1 saturated carbocycles. The molecule has 0 aromatic rings. The Balaban J connectivity index is 0.00000441. The van der Waals surface area contributed by atoms with Crippen LogP contribution in [-0.2, 0) is 9.59 Å². The Morgan fingerprint density at radius 2 is 1.82 bits per heavy atom. The molecule has 1 fully saturated rings. The van der Waals surface area contributed by atoms with Crippen LogP contribution in [0.4, 0.5) is 0 Å². The zero-order chi connectivity index (χ0) is 15.9. The monoisotopic (exact) mass is 333 g/mol. The Labute approximate surface area is 140 Å². The second-order valence-corrected chi connectivity index (χ2v) is 6.79. The summed E-state index contributed by atoms with van der Waals surface area (Å²) in [5.74, 6) is 0.734. The topological polar surface area (TPSA) is 84.2 Å². The quantitative estimate of drug-likeness (QED) is 0.635. The summed E-state index contributed by atoms with van der Waals surface area (Å²) in [5, 5.41) is 5.62. The zero-order valence-electron chi connectivity index (χ0n) is 14.1. The van der Waals surface area contributed by atoms with Crippen molar-refractivity contribution in [2.75, 3.05) is 13.1 Å². The van der Waals surface area contributed by atoms with E-state index < -0.39 is 5.54 Å². The highest BCUT2D eigenvalue weighted by molar-refractivity contribution is 5.85. The Morgan fingerprint density at radius 3 is 2.32 bits per heavy atom. The highest BCUT2D eigenvalue weighted by Gasteiger charge is 2.28. The first-order valence-corrected chi connectivity index (χ1v) is 8.15. The maximum atomic E-state index is 11.9. The molecule has 0 bridgehead atoms. The Hall–Kier alpha value is -0.810. The second kappa shape index (κ2) is 10.1. The molecular formula is C16H32ClN3O2. The molecule has 6 heteroatoms. The third kappa shape index (κ3) is 6.97. The van der Waals surface area contributed by atoms with Crippen LogP contribution in [0.15, 0.2) is 0 Å². The lowest BCUT2D eigenvalue weighted by atomic mass is 9.88. The van der Waals surface area contributed by atoms with Gasteiger partial charge in [-0.3, -0.25) is 9.59 Å². The Bertz CT molecular complexity index is 357. The molecule has 5 nitrogen and oxygen atoms in total. The first kappa shape index (κ1) is 21.2. The van der Waals surface area contributed by atoms with Crippen molar-refractivity contribution in [1.29, 1.82) is 0 Å². The number of halogens is 1. The van der Waals surface area contributed by atoms with Crippen molar-refractivity contribution in [1.82, 2.24) is 10.6 Å². The van der Waals surface area contributed by atoms with Crippen molar-refractivity contribution >= 4 is 24.2 Å². The standard InChI is InChI=1S/C16H31N3O2.ClH/c1-12(2)16(3,11-17)19-15(21)10-18-14(20)9-8-13-6-4-5-7-13;/h12-13H,4-11,17H2,1-3H3,(H,18,20)(H,19,21);1H. The van der Waals surface area contributed by atoms with Gasteiger partial charge in [-0.05, 0) is 25.2 Å². The van der Waals surface area contributed by atoms with E-state index in [4.69, 9.17) is 5.73 Å². The predicted molar refractivity (Wildman–Crippen MR) is 91.9 cm³/mol. The van der Waals surface area contributed by atoms with Gasteiger partial charge in [0.2, 0.25) is 11.8 Å². The maximum absolute atomic E-state index is 11.9. The average Bonchev–Trinajstić information content (AvgIpc) is 2.95. The van der Waals surface area contributed by atoms with Crippen molar-refractivity contribution in [3.05, 3.63) is 0 Å². The van der Waals surface area contributed by atoms with Crippen LogP contribution in [0.5, 0.6) is 0 Å². The fourth-order valence-corrected chi connectivity index (χ4v) is 2.70. The van der Waals surface area contributed by atoms with Gasteiger partial charge in [0.05, 0.1) is 12.1 Å². The summed E-state index contributed by atoms with van der Waals surface area (Å²) in [6.07, 6.45) is 6.55. The van der Waals surface area contributed by atoms with Gasteiger partial charge >= 0.3 is 0 Å². The lowest BCUT2D eigenvalue weighted by Gasteiger charge is -2.33. The van der Waals surface area contributed by atoms with Crippen LogP contribution in [0, 0.1) is 11.8 Å². The molecule has 1 unspecified atom stereocenters. The van der Waals surface area contributed by atoms with E-state index in [1.54, 1.807) is 0 Å². The second-order valence-electron chi connectivity index (χ2n) is 6.79. The minimum absolute atomic E-state index is 0. The Kier molecular flexibility index (Phi) is 9.69. The fraction of sp³-hybridized carbons (Fsp3) is 0.875. The van der Waals surface area contributed by atoms with Gasteiger partial charge in [-0.2, -0.15) is 0 Å². The molecule has 1 rings (SSSR count). The van der Waals surface area contributed by atoms with Crippen LogP contribution in [0.1, 0.15) is 59.3 Å². The molecule has 1 aliphatic carbocycles. The van der Waals surface area contributed by atoms with Crippen molar-refractivity contribution in [2.24, 2.45) is 17.6 Å². The summed E-state index contributed by atoms with van der Waals surface area (Å²) in [7, 11) is 0. The molecule has 22 heavy (non-hydrogen) atoms. The van der Waals surface area contributed by atoms with E-state index in [0.29, 0.717) is 18.9 Å². The van der Waals surface area contributed by atoms with Crippen LogP contribution in [0.2, 0.25) is 0 Å². The van der Waals surface area contributed by atoms with Crippen molar-refractivity contribution in [3.8, 4) is 0 Å². The smallest absolute Gasteiger partial charge is 0.239 e. The number of hydrogen-bond donors (Lipinski definition) is 3. The van der Waals surface area contributed by atoms with Crippen LogP contribution >= 0.6 is 12.4 Å². The minimum Gasteiger partial charge on any atom is -0.348 e. The van der Waals surface area contributed by atoms with Gasteiger partial charge in [-0.15, -0.1) is 12.4 Å². The third-order valence-electron chi connectivity index (χ3n) is 4.82. The molecule has 0 aliphatic heterocycles. The lowest BCUT2D eigenvalue weighted by Crippen LogP contribution is -2.56. The van der Waals surface area contributed by atoms with Gasteiger partial charge in [0, 0.05) is 13.0 Å². The van der Waals surface area contributed by atoms with E-state index in [1.807, 2.05) is 20.8 Å². The van der Waals surface area contributed by atoms with E-state index in [0.717, 1.165) is 6.42 Å². The Morgan fingerprint density at radius 1 is 1.23 bits per heavy atom. The van der Waals surface area contributed by atoms with Gasteiger partial charge in [0.1, 0.15) is 0 Å². The summed E-state index contributed by atoms with van der Waals surface area (Å²) in [6, 6.07) is 0. The summed E-state index contributed by atoms with van der Waals surface area (Å²) in [6.45, 7) is 6.38. The molecular weight excluding hydrogens is 302 g/mol. The SMILES string of the molecule is CC(C)C(C)(CN)NC(=O)CNC(=O)CCC1CCCC1.Cl. The molecule has 0 aromatic carbocycles. The van der Waals surface area contributed by atoms with Crippen molar-refractivity contribution in [3.63, 3.8) is 0 Å². The van der Waals surface area contributed by atoms with Crippen molar-refractivity contribution < 1.29 is 9.59 Å². The maximum Gasteiger partial charge on any atom is 0.239 e. The van der Waals surface area contributed by atoms with E-state index in [-0.39, 0.29) is 36.7 Å². The van der Waals surface area contributed by atoms with Crippen LogP contribution in [-0.4, -0.2) is 30.4 Å². The summed E-state index contributed by atoms with van der Waals surface area (Å²) < 4.78 is 0. The van der Waals surface area contributed by atoms with E-state index in [1.165, 1.54) is 25.7 Å². The summed E-state index contributed by atoms with van der Waals surface area (Å²) in [5.41, 5.74) is 5.30. The number of hydrogen-bond acceptors (Lipinski definition) is 3. The molecule has 0 heterocycles. The van der Waals surface area contributed by atoms with Gasteiger partial charge in [0.15, 0.2) is 0 Å². The highest BCUT2D eigenvalue weighted by Crippen LogP contribution is 2.28. The van der Waals surface area contributed by atoms with Gasteiger partial charge in [-0.25, -0.2) is 0 Å². The summed E-state index contributed by atoms with van der Waals surface area (Å²) in [4.78, 5) is 23.7. The third-order valence-corrected chi connectivity index (χ3v) is 4.82. The first-order valence-electron chi connectivity index (χ1n) is 8.15. The molecule has 1 aliphatic rings. The number of amides is 2. The number of carbonyl (C=O) groups excluding carboxylic acids is 2. The molecule has 0 aromatic heterocycles. The predicted octanol–water partition coefficient (Wildman–Crippen LogP) is 1.98. The molecule has 4 N–H and O–H groups in total. The van der Waals surface area contributed by atoms with Crippen LogP contribution in [0.25, 0.3) is 0 Å². The fourth-order valence-electron chi connectivity index (χ4n) is 2.70. The van der Waals surface area contributed by atoms with Gasteiger partial charge in [0.25, 0.3) is 0 Å². The van der Waals surface area contributed by atoms with E-state index >= 15 is 0 Å². The zero-order valence-corrected chi connectivity index (χ0v) is 14.9. The van der Waals surface area contributed by atoms with Crippen molar-refractivity contribution in [2.45, 2.75) is 64.8 Å². The van der Waals surface area contributed by atoms with Crippen LogP contribution < -0.4 is 16.4 Å². The highest BCUT2D eigenvalue weighted by atomic mass is 35.5. The van der Waals surface area contributed by atoms with E-state index in [9.17, 15) is 9.59 Å². The molecule has 1 atom stereocenters. The molecule has 0 spiro atoms. The number of carbonyl (C=O) groups is 2.